The van der Waals surface area contributed by atoms with Crippen LogP contribution in [-0.2, 0) is 14.8 Å². The van der Waals surface area contributed by atoms with Crippen LogP contribution in [0.1, 0.15) is 12.8 Å². The van der Waals surface area contributed by atoms with Crippen molar-refractivity contribution in [3.63, 3.8) is 0 Å². The lowest BCUT2D eigenvalue weighted by molar-refractivity contribution is 0.0243. The third-order valence-electron chi connectivity index (χ3n) is 5.36. The van der Waals surface area contributed by atoms with Gasteiger partial charge in [-0.3, -0.25) is 9.71 Å². The molecule has 1 aromatic carbocycles. The zero-order valence-corrected chi connectivity index (χ0v) is 20.6. The van der Waals surface area contributed by atoms with Crippen LogP contribution in [0, 0.1) is 5.82 Å². The summed E-state index contributed by atoms with van der Waals surface area (Å²) in [5, 5.41) is 0. The Labute approximate surface area is 208 Å². The minimum Gasteiger partial charge on any atom is -0.473 e. The van der Waals surface area contributed by atoms with Crippen LogP contribution in [0.15, 0.2) is 64.5 Å². The van der Waals surface area contributed by atoms with Crippen molar-refractivity contribution in [1.29, 1.82) is 0 Å². The maximum Gasteiger partial charge on any atom is 0.264 e. The quantitative estimate of drug-likeness (QED) is 0.370. The van der Waals surface area contributed by atoms with Crippen molar-refractivity contribution in [1.82, 2.24) is 19.9 Å². The summed E-state index contributed by atoms with van der Waals surface area (Å²) in [7, 11) is -4.17. The Morgan fingerprint density at radius 2 is 1.91 bits per heavy atom. The maximum atomic E-state index is 14.2. The molecular formula is C23H19BrFN5O4S. The first-order chi connectivity index (χ1) is 16.9. The van der Waals surface area contributed by atoms with E-state index in [0.29, 0.717) is 45.9 Å². The highest BCUT2D eigenvalue weighted by atomic mass is 79.9. The van der Waals surface area contributed by atoms with Gasteiger partial charge in [-0.05, 0) is 36.4 Å². The van der Waals surface area contributed by atoms with E-state index in [4.69, 9.17) is 9.47 Å². The van der Waals surface area contributed by atoms with Gasteiger partial charge in [-0.15, -0.1) is 0 Å². The fourth-order valence-electron chi connectivity index (χ4n) is 3.66. The first kappa shape index (κ1) is 23.5. The summed E-state index contributed by atoms with van der Waals surface area (Å²) in [6.07, 6.45) is 5.81. The molecule has 3 aromatic heterocycles. The van der Waals surface area contributed by atoms with Gasteiger partial charge in [-0.25, -0.2) is 22.8 Å². The smallest absolute Gasteiger partial charge is 0.264 e. The molecule has 4 heterocycles. The monoisotopic (exact) mass is 559 g/mol. The van der Waals surface area contributed by atoms with E-state index in [1.54, 1.807) is 24.4 Å². The van der Waals surface area contributed by atoms with Gasteiger partial charge in [0.15, 0.2) is 5.52 Å². The molecule has 0 radical (unpaired) electrons. The number of nitrogens with one attached hydrogen (secondary N) is 1. The summed E-state index contributed by atoms with van der Waals surface area (Å²) in [5.74, 6) is -0.497. The topological polar surface area (TPSA) is 116 Å². The molecule has 4 aromatic rings. The van der Waals surface area contributed by atoms with Crippen LogP contribution in [-0.4, -0.2) is 47.7 Å². The summed E-state index contributed by atoms with van der Waals surface area (Å²) in [6.45, 7) is 1.26. The second kappa shape index (κ2) is 9.80. The number of hydrogen-bond donors (Lipinski definition) is 1. The lowest BCUT2D eigenvalue weighted by atomic mass is 10.1. The van der Waals surface area contributed by atoms with Gasteiger partial charge in [0.2, 0.25) is 5.88 Å². The van der Waals surface area contributed by atoms with Gasteiger partial charge in [-0.2, -0.15) is 4.98 Å². The molecule has 9 nitrogen and oxygen atoms in total. The van der Waals surface area contributed by atoms with Crippen molar-refractivity contribution >= 4 is 42.7 Å². The number of sulfonamides is 1. The molecule has 1 aliphatic rings. The van der Waals surface area contributed by atoms with E-state index in [-0.39, 0.29) is 11.8 Å². The predicted octanol–water partition coefficient (Wildman–Crippen LogP) is 4.35. The Kier molecular flexibility index (Phi) is 6.58. The minimum atomic E-state index is -4.17. The predicted molar refractivity (Wildman–Crippen MR) is 130 cm³/mol. The SMILES string of the molecule is O=S(=O)(Nc1cncc(-c2ccc3ncnc(OC4CCOCC4)c3n2)c1)c1ccc(Br)cc1F. The molecule has 0 spiro atoms. The van der Waals surface area contributed by atoms with Crippen LogP contribution in [0.2, 0.25) is 0 Å². The summed E-state index contributed by atoms with van der Waals surface area (Å²) >= 11 is 3.12. The van der Waals surface area contributed by atoms with E-state index in [9.17, 15) is 12.8 Å². The summed E-state index contributed by atoms with van der Waals surface area (Å²) in [4.78, 5) is 16.8. The number of aromatic nitrogens is 4. The zero-order chi connectivity index (χ0) is 24.4. The highest BCUT2D eigenvalue weighted by Gasteiger charge is 2.21. The molecule has 0 amide bonds. The minimum absolute atomic E-state index is 0.0225. The fraction of sp³-hybridized carbons (Fsp3) is 0.217. The van der Waals surface area contributed by atoms with E-state index in [1.807, 2.05) is 0 Å². The normalized spacial score (nSPS) is 14.7. The summed E-state index contributed by atoms with van der Waals surface area (Å²) in [5.41, 5.74) is 2.33. The summed E-state index contributed by atoms with van der Waals surface area (Å²) in [6, 6.07) is 8.82. The first-order valence-electron chi connectivity index (χ1n) is 10.7. The standard InChI is InChI=1S/C23H19BrFN5O4S/c24-15-1-4-21(18(25)10-15)35(31,32)30-16-9-14(11-26-12-16)19-2-3-20-22(29-19)23(28-13-27-20)34-17-5-7-33-8-6-17/h1-4,9-13,17,30H,5-8H2. The molecule has 1 saturated heterocycles. The molecule has 5 rings (SSSR count). The molecule has 35 heavy (non-hydrogen) atoms. The molecular weight excluding hydrogens is 541 g/mol. The van der Waals surface area contributed by atoms with Crippen LogP contribution in [0.3, 0.4) is 0 Å². The van der Waals surface area contributed by atoms with Gasteiger partial charge in [0, 0.05) is 29.1 Å². The van der Waals surface area contributed by atoms with E-state index >= 15 is 0 Å². The molecule has 0 unspecified atom stereocenters. The van der Waals surface area contributed by atoms with Crippen molar-refractivity contribution in [2.24, 2.45) is 0 Å². The van der Waals surface area contributed by atoms with Gasteiger partial charge in [0.25, 0.3) is 10.0 Å². The second-order valence-corrected chi connectivity index (χ2v) is 10.4. The number of rotatable bonds is 6. The van der Waals surface area contributed by atoms with Crippen molar-refractivity contribution in [2.75, 3.05) is 17.9 Å². The van der Waals surface area contributed by atoms with Crippen LogP contribution in [0.25, 0.3) is 22.3 Å². The van der Waals surface area contributed by atoms with Crippen LogP contribution in [0.4, 0.5) is 10.1 Å². The number of ether oxygens (including phenoxy) is 2. The highest BCUT2D eigenvalue weighted by Crippen LogP contribution is 2.28. The van der Waals surface area contributed by atoms with E-state index < -0.39 is 20.7 Å². The number of benzene rings is 1. The molecule has 12 heteroatoms. The molecule has 0 aliphatic carbocycles. The van der Waals surface area contributed by atoms with E-state index in [2.05, 4.69) is 40.6 Å². The Bertz CT molecular complexity index is 1500. The second-order valence-electron chi connectivity index (χ2n) is 7.82. The number of pyridine rings is 2. The molecule has 1 fully saturated rings. The summed E-state index contributed by atoms with van der Waals surface area (Å²) < 4.78 is 54.0. The Morgan fingerprint density at radius 1 is 1.09 bits per heavy atom. The number of fused-ring (bicyclic) bond motifs is 1. The van der Waals surface area contributed by atoms with Crippen molar-refractivity contribution < 1.29 is 22.3 Å². The molecule has 180 valence electrons. The average Bonchev–Trinajstić information content (AvgIpc) is 2.84. The molecule has 0 saturated carbocycles. The molecule has 1 aliphatic heterocycles. The van der Waals surface area contributed by atoms with Crippen LogP contribution >= 0.6 is 15.9 Å². The van der Waals surface area contributed by atoms with Crippen molar-refractivity contribution in [3.8, 4) is 17.1 Å². The third-order valence-corrected chi connectivity index (χ3v) is 7.27. The van der Waals surface area contributed by atoms with Gasteiger partial charge in [0.1, 0.15) is 23.1 Å². The van der Waals surface area contributed by atoms with E-state index in [0.717, 1.165) is 18.9 Å². The Hall–Kier alpha value is -3.22. The Balaban J connectivity index is 1.45. The third kappa shape index (κ3) is 5.24. The van der Waals surface area contributed by atoms with Crippen molar-refractivity contribution in [3.05, 3.63) is 65.4 Å². The number of nitrogens with zero attached hydrogens (tertiary/aromatic N) is 4. The van der Waals surface area contributed by atoms with Crippen LogP contribution in [0.5, 0.6) is 5.88 Å². The average molecular weight is 560 g/mol. The van der Waals surface area contributed by atoms with Gasteiger partial charge < -0.3 is 9.47 Å². The maximum absolute atomic E-state index is 14.2. The number of hydrogen-bond acceptors (Lipinski definition) is 8. The zero-order valence-electron chi connectivity index (χ0n) is 18.2. The highest BCUT2D eigenvalue weighted by molar-refractivity contribution is 9.10. The Morgan fingerprint density at radius 3 is 2.71 bits per heavy atom. The largest absolute Gasteiger partial charge is 0.473 e. The van der Waals surface area contributed by atoms with Gasteiger partial charge in [0.05, 0.1) is 36.3 Å². The number of anilines is 1. The first-order valence-corrected chi connectivity index (χ1v) is 13.0. The molecule has 1 N–H and O–H groups in total. The fourth-order valence-corrected chi connectivity index (χ4v) is 5.08. The van der Waals surface area contributed by atoms with Crippen LogP contribution < -0.4 is 9.46 Å². The van der Waals surface area contributed by atoms with Gasteiger partial charge >= 0.3 is 0 Å². The molecule has 0 bridgehead atoms. The lowest BCUT2D eigenvalue weighted by Gasteiger charge is -2.22. The lowest BCUT2D eigenvalue weighted by Crippen LogP contribution is -2.26. The van der Waals surface area contributed by atoms with Crippen molar-refractivity contribution in [2.45, 2.75) is 23.8 Å². The molecule has 0 atom stereocenters. The van der Waals surface area contributed by atoms with Gasteiger partial charge in [-0.1, -0.05) is 15.9 Å². The van der Waals surface area contributed by atoms with E-state index in [1.165, 1.54) is 24.7 Å². The number of halogens is 2.